The summed E-state index contributed by atoms with van der Waals surface area (Å²) in [4.78, 5) is 46.8. The van der Waals surface area contributed by atoms with Gasteiger partial charge < -0.3 is 29.3 Å². The number of benzene rings is 4. The molecule has 0 radical (unpaired) electrons. The Balaban J connectivity index is 0.688. The Labute approximate surface area is 344 Å². The van der Waals surface area contributed by atoms with E-state index in [0.29, 0.717) is 42.7 Å². The first-order valence-corrected chi connectivity index (χ1v) is 21.6. The van der Waals surface area contributed by atoms with Gasteiger partial charge in [-0.1, -0.05) is 48.5 Å². The maximum Gasteiger partial charge on any atom is 0.255 e. The van der Waals surface area contributed by atoms with E-state index in [0.717, 1.165) is 82.1 Å². The normalized spacial score (nSPS) is 27.3. The molecule has 1 unspecified atom stereocenters. The van der Waals surface area contributed by atoms with E-state index >= 15 is 0 Å². The maximum absolute atomic E-state index is 13.4. The van der Waals surface area contributed by atoms with Crippen molar-refractivity contribution in [2.75, 3.05) is 62.3 Å². The van der Waals surface area contributed by atoms with Crippen LogP contribution in [-0.4, -0.2) is 103 Å². The minimum absolute atomic E-state index is 0.0626. The first kappa shape index (κ1) is 36.7. The number of ether oxygens (including phenoxy) is 2. The molecule has 0 saturated carbocycles. The molecule has 0 aromatic heterocycles. The first-order valence-electron chi connectivity index (χ1n) is 21.6. The second-order valence-electron chi connectivity index (χ2n) is 18.0. The number of piperidine rings is 1. The lowest BCUT2D eigenvalue weighted by Crippen LogP contribution is -2.65. The second-order valence-corrected chi connectivity index (χ2v) is 18.0. The van der Waals surface area contributed by atoms with Crippen LogP contribution < -0.4 is 19.9 Å². The number of rotatable bonds is 6. The number of phenols is 1. The van der Waals surface area contributed by atoms with Crippen molar-refractivity contribution < 1.29 is 29.0 Å². The van der Waals surface area contributed by atoms with Crippen molar-refractivity contribution in [2.45, 2.75) is 74.6 Å². The number of piperazine rings is 1. The number of carbonyl (C=O) groups excluding carboxylic acids is 3. The van der Waals surface area contributed by atoms with Gasteiger partial charge in [0.15, 0.2) is 0 Å². The number of anilines is 2. The molecule has 4 aromatic rings. The fourth-order valence-electron chi connectivity index (χ4n) is 11.4. The lowest BCUT2D eigenvalue weighted by molar-refractivity contribution is -0.136. The number of hydrogen-bond donors (Lipinski definition) is 2. The minimum Gasteiger partial charge on any atom is -0.508 e. The van der Waals surface area contributed by atoms with E-state index in [-0.39, 0.29) is 35.8 Å². The molecule has 4 aromatic carbocycles. The average Bonchev–Trinajstić information content (AvgIpc) is 3.58. The Kier molecular flexibility index (Phi) is 8.96. The van der Waals surface area contributed by atoms with Crippen LogP contribution in [0.15, 0.2) is 84.9 Å². The van der Waals surface area contributed by atoms with E-state index in [1.165, 1.54) is 34.4 Å². The van der Waals surface area contributed by atoms with Crippen LogP contribution in [0.25, 0.3) is 0 Å². The number of nitrogens with one attached hydrogen (secondary N) is 1. The Morgan fingerprint density at radius 3 is 2.47 bits per heavy atom. The molecular formula is C48H51N5O6. The fraction of sp³-hybridized carbons (Fsp3) is 0.438. The summed E-state index contributed by atoms with van der Waals surface area (Å²) >= 11 is 0. The molecule has 11 rings (SSSR count). The molecule has 4 saturated heterocycles. The maximum atomic E-state index is 13.4. The SMILES string of the molecule is O=C1CC[C@H](N2Cc3c(ccc4c3OC[C@H]3CN(CC5CCC6(CN(c7ccc([C@@H]8c9ccc(O)cc9CC[C@@H]8c8ccccc8)cc7)C6)OC5)CCN43)C2=O)C(=O)N1. The van der Waals surface area contributed by atoms with Crippen molar-refractivity contribution in [3.05, 3.63) is 118 Å². The third kappa shape index (κ3) is 6.44. The van der Waals surface area contributed by atoms with Gasteiger partial charge >= 0.3 is 0 Å². The predicted octanol–water partition coefficient (Wildman–Crippen LogP) is 5.58. The number of hydrogen-bond acceptors (Lipinski definition) is 9. The molecule has 4 fully saturated rings. The fourth-order valence-corrected chi connectivity index (χ4v) is 11.4. The molecule has 7 aliphatic rings. The van der Waals surface area contributed by atoms with E-state index in [9.17, 15) is 19.5 Å². The minimum atomic E-state index is -0.638. The Hall–Kier alpha value is -5.39. The number of phenolic OH excluding ortho intramolecular Hbond substituents is 1. The molecule has 1 aliphatic carbocycles. The Morgan fingerprint density at radius 1 is 0.831 bits per heavy atom. The highest BCUT2D eigenvalue weighted by Gasteiger charge is 2.48. The molecule has 11 nitrogen and oxygen atoms in total. The summed E-state index contributed by atoms with van der Waals surface area (Å²) in [6.07, 6.45) is 4.86. The number of amides is 3. The molecule has 0 bridgehead atoms. The summed E-state index contributed by atoms with van der Waals surface area (Å²) in [6.45, 7) is 7.31. The number of imide groups is 1. The zero-order chi connectivity index (χ0) is 39.8. The van der Waals surface area contributed by atoms with Gasteiger partial charge in [0, 0.05) is 68.4 Å². The van der Waals surface area contributed by atoms with E-state index in [1.54, 1.807) is 4.90 Å². The Morgan fingerprint density at radius 2 is 1.68 bits per heavy atom. The van der Waals surface area contributed by atoms with Crippen molar-refractivity contribution in [1.82, 2.24) is 15.1 Å². The average molecular weight is 794 g/mol. The summed E-state index contributed by atoms with van der Waals surface area (Å²) in [6, 6.07) is 29.5. The van der Waals surface area contributed by atoms with E-state index in [1.807, 2.05) is 24.3 Å². The van der Waals surface area contributed by atoms with Gasteiger partial charge in [-0.2, -0.15) is 0 Å². The lowest BCUT2D eigenvalue weighted by atomic mass is 9.69. The van der Waals surface area contributed by atoms with Crippen molar-refractivity contribution in [3.8, 4) is 11.5 Å². The van der Waals surface area contributed by atoms with Gasteiger partial charge in [-0.25, -0.2) is 0 Å². The van der Waals surface area contributed by atoms with E-state index in [4.69, 9.17) is 9.47 Å². The highest BCUT2D eigenvalue weighted by atomic mass is 16.5. The quantitative estimate of drug-likeness (QED) is 0.242. The second kappa shape index (κ2) is 14.4. The molecule has 304 valence electrons. The van der Waals surface area contributed by atoms with E-state index < -0.39 is 11.9 Å². The molecule has 3 amide bonds. The summed E-state index contributed by atoms with van der Waals surface area (Å²) in [5.41, 5.74) is 8.94. The molecule has 11 heteroatoms. The van der Waals surface area contributed by atoms with Gasteiger partial charge in [-0.15, -0.1) is 0 Å². The molecule has 2 N–H and O–H groups in total. The largest absolute Gasteiger partial charge is 0.508 e. The molecule has 6 heterocycles. The number of aromatic hydroxyl groups is 1. The van der Waals surface area contributed by atoms with Crippen molar-refractivity contribution in [1.29, 1.82) is 0 Å². The number of fused-ring (bicyclic) bond motifs is 6. The summed E-state index contributed by atoms with van der Waals surface area (Å²) in [5.74, 6) is 1.39. The molecule has 5 atom stereocenters. The van der Waals surface area contributed by atoms with Crippen LogP contribution in [0.5, 0.6) is 11.5 Å². The highest BCUT2D eigenvalue weighted by molar-refractivity contribution is 6.06. The van der Waals surface area contributed by atoms with Crippen LogP contribution in [0.3, 0.4) is 0 Å². The van der Waals surface area contributed by atoms with Crippen LogP contribution in [0.4, 0.5) is 11.4 Å². The van der Waals surface area contributed by atoms with Gasteiger partial charge in [0.05, 0.1) is 24.9 Å². The summed E-state index contributed by atoms with van der Waals surface area (Å²) < 4.78 is 13.1. The summed E-state index contributed by atoms with van der Waals surface area (Å²) in [7, 11) is 0. The standard InChI is InChI=1S/C48H51N5O6/c54-36-11-13-38-33(22-36)8-12-37(31-4-2-1-3-5-31)44(38)32-6-9-34(10-7-32)51-28-48(29-51)19-18-30(26-59-48)23-50-20-21-52-35(24-50)27-58-45-40-25-53(42-16-17-43(55)49-46(42)56)47(57)39(40)14-15-41(45)52/h1-7,9-11,13-15,22,30,35,37,42,44,54H,8,12,16-21,23-29H2,(H,49,55,56)/t30?,35-,37-,42+,44+/m1/s1. The van der Waals surface area contributed by atoms with Crippen molar-refractivity contribution in [3.63, 3.8) is 0 Å². The van der Waals surface area contributed by atoms with Gasteiger partial charge in [0.2, 0.25) is 11.8 Å². The monoisotopic (exact) mass is 793 g/mol. The van der Waals surface area contributed by atoms with Crippen molar-refractivity contribution >= 4 is 29.1 Å². The van der Waals surface area contributed by atoms with Gasteiger partial charge in [0.25, 0.3) is 5.91 Å². The topological polar surface area (TPSA) is 115 Å². The van der Waals surface area contributed by atoms with Crippen LogP contribution in [0.1, 0.15) is 82.1 Å². The van der Waals surface area contributed by atoms with Gasteiger partial charge in [0.1, 0.15) is 29.7 Å². The zero-order valence-corrected chi connectivity index (χ0v) is 33.4. The molecule has 1 spiro atoms. The predicted molar refractivity (Wildman–Crippen MR) is 223 cm³/mol. The first-order chi connectivity index (χ1) is 28.8. The Bertz CT molecular complexity index is 2300. The third-order valence-electron chi connectivity index (χ3n) is 14.5. The van der Waals surface area contributed by atoms with Crippen LogP contribution in [-0.2, 0) is 27.3 Å². The number of nitrogens with zero attached hydrogens (tertiary/aromatic N) is 4. The third-order valence-corrected chi connectivity index (χ3v) is 14.5. The zero-order valence-electron chi connectivity index (χ0n) is 33.4. The van der Waals surface area contributed by atoms with Crippen LogP contribution in [0, 0.1) is 5.92 Å². The molecule has 59 heavy (non-hydrogen) atoms. The summed E-state index contributed by atoms with van der Waals surface area (Å²) in [5, 5.41) is 12.6. The van der Waals surface area contributed by atoms with Crippen molar-refractivity contribution in [2.24, 2.45) is 5.92 Å². The van der Waals surface area contributed by atoms with Crippen LogP contribution in [0.2, 0.25) is 0 Å². The van der Waals surface area contributed by atoms with Gasteiger partial charge in [-0.05, 0) is 103 Å². The highest BCUT2D eigenvalue weighted by Crippen LogP contribution is 2.48. The lowest BCUT2D eigenvalue weighted by Gasteiger charge is -2.54. The number of carbonyl (C=O) groups is 3. The van der Waals surface area contributed by atoms with Gasteiger partial charge in [-0.3, -0.25) is 24.6 Å². The number of aryl methyl sites for hydroxylation is 1. The van der Waals surface area contributed by atoms with Crippen LogP contribution >= 0.6 is 0 Å². The molecule has 6 aliphatic heterocycles. The molecular weight excluding hydrogens is 743 g/mol. The van der Waals surface area contributed by atoms with E-state index in [2.05, 4.69) is 80.7 Å². The smallest absolute Gasteiger partial charge is 0.255 e.